The van der Waals surface area contributed by atoms with Crippen LogP contribution < -0.4 is 10.1 Å². The fourth-order valence-electron chi connectivity index (χ4n) is 2.55. The summed E-state index contributed by atoms with van der Waals surface area (Å²) in [4.78, 5) is 25.4. The maximum atomic E-state index is 13.2. The molecule has 0 saturated carbocycles. The van der Waals surface area contributed by atoms with Crippen LogP contribution in [0.25, 0.3) is 0 Å². The molecule has 0 aliphatic carbocycles. The van der Waals surface area contributed by atoms with Gasteiger partial charge in [-0.25, -0.2) is 13.6 Å². The van der Waals surface area contributed by atoms with Crippen molar-refractivity contribution in [2.24, 2.45) is 0 Å². The number of nitrogens with one attached hydrogen (secondary N) is 1. The van der Waals surface area contributed by atoms with Crippen LogP contribution in [0.2, 0.25) is 0 Å². The molecule has 25 heavy (non-hydrogen) atoms. The summed E-state index contributed by atoms with van der Waals surface area (Å²) in [5.41, 5.74) is 0. The number of amides is 2. The Morgan fingerprint density at radius 1 is 1.28 bits per heavy atom. The second kappa shape index (κ2) is 8.64. The molecule has 8 heteroatoms. The van der Waals surface area contributed by atoms with Crippen molar-refractivity contribution in [2.75, 3.05) is 19.7 Å². The van der Waals surface area contributed by atoms with E-state index in [1.54, 1.807) is 11.8 Å². The molecule has 1 atom stereocenters. The fraction of sp³-hybridized carbons (Fsp3) is 0.529. The number of rotatable bonds is 5. The molecule has 1 aliphatic rings. The zero-order valence-corrected chi connectivity index (χ0v) is 14.3. The van der Waals surface area contributed by atoms with Crippen LogP contribution >= 0.6 is 0 Å². The third-order valence-corrected chi connectivity index (χ3v) is 3.94. The molecule has 0 radical (unpaired) electrons. The first-order valence-corrected chi connectivity index (χ1v) is 8.24. The van der Waals surface area contributed by atoms with E-state index < -0.39 is 17.7 Å². The molecule has 0 bridgehead atoms. The topological polar surface area (TPSA) is 67.9 Å². The standard InChI is InChI=1S/C17H22F2N2O4/c1-3-24-17(23)21-8-6-12(7-9-21)20-16(22)11(2)25-13-4-5-14(18)15(19)10-13/h4-5,10-12H,3,6-9H2,1-2H3,(H,20,22). The van der Waals surface area contributed by atoms with Crippen molar-refractivity contribution in [3.63, 3.8) is 0 Å². The van der Waals surface area contributed by atoms with Crippen molar-refractivity contribution in [1.82, 2.24) is 10.2 Å². The van der Waals surface area contributed by atoms with Crippen LogP contribution in [0.15, 0.2) is 18.2 Å². The van der Waals surface area contributed by atoms with Crippen LogP contribution in [0.5, 0.6) is 5.75 Å². The van der Waals surface area contributed by atoms with Gasteiger partial charge in [0.1, 0.15) is 5.75 Å². The van der Waals surface area contributed by atoms with Gasteiger partial charge in [-0.05, 0) is 38.8 Å². The maximum absolute atomic E-state index is 13.2. The Labute approximate surface area is 145 Å². The molecule has 0 aromatic heterocycles. The van der Waals surface area contributed by atoms with Crippen LogP contribution in [-0.4, -0.2) is 48.7 Å². The Morgan fingerprint density at radius 2 is 1.96 bits per heavy atom. The Morgan fingerprint density at radius 3 is 2.56 bits per heavy atom. The van der Waals surface area contributed by atoms with Crippen LogP contribution in [0.4, 0.5) is 13.6 Å². The molecule has 1 fully saturated rings. The van der Waals surface area contributed by atoms with E-state index in [9.17, 15) is 18.4 Å². The molecule has 138 valence electrons. The molecule has 1 N–H and O–H groups in total. The van der Waals surface area contributed by atoms with Crippen LogP contribution in [-0.2, 0) is 9.53 Å². The van der Waals surface area contributed by atoms with Crippen LogP contribution in [0.1, 0.15) is 26.7 Å². The van der Waals surface area contributed by atoms with Crippen molar-refractivity contribution >= 4 is 12.0 Å². The van der Waals surface area contributed by atoms with Crippen molar-refractivity contribution < 1.29 is 27.8 Å². The highest BCUT2D eigenvalue weighted by atomic mass is 19.2. The highest BCUT2D eigenvalue weighted by Gasteiger charge is 2.26. The van der Waals surface area contributed by atoms with Gasteiger partial charge in [0.15, 0.2) is 17.7 Å². The van der Waals surface area contributed by atoms with Gasteiger partial charge in [-0.15, -0.1) is 0 Å². The first-order chi connectivity index (χ1) is 11.9. The maximum Gasteiger partial charge on any atom is 0.409 e. The highest BCUT2D eigenvalue weighted by molar-refractivity contribution is 5.81. The summed E-state index contributed by atoms with van der Waals surface area (Å²) in [6.07, 6.45) is 0.0283. The van der Waals surface area contributed by atoms with Gasteiger partial charge >= 0.3 is 6.09 Å². The smallest absolute Gasteiger partial charge is 0.409 e. The zero-order chi connectivity index (χ0) is 18.4. The van der Waals surface area contributed by atoms with Crippen LogP contribution in [0, 0.1) is 11.6 Å². The lowest BCUT2D eigenvalue weighted by atomic mass is 10.1. The summed E-state index contributed by atoms with van der Waals surface area (Å²) in [5.74, 6) is -2.27. The number of carbonyl (C=O) groups excluding carboxylic acids is 2. The molecule has 1 aliphatic heterocycles. The number of ether oxygens (including phenoxy) is 2. The van der Waals surface area contributed by atoms with Gasteiger partial charge in [-0.3, -0.25) is 4.79 Å². The average molecular weight is 356 g/mol. The molecular formula is C17H22F2N2O4. The van der Waals surface area contributed by atoms with Gasteiger partial charge in [-0.1, -0.05) is 0 Å². The van der Waals surface area contributed by atoms with Gasteiger partial charge in [-0.2, -0.15) is 0 Å². The minimum atomic E-state index is -1.03. The van der Waals surface area contributed by atoms with Gasteiger partial charge < -0.3 is 19.7 Å². The summed E-state index contributed by atoms with van der Waals surface area (Å²) >= 11 is 0. The summed E-state index contributed by atoms with van der Waals surface area (Å²) in [7, 11) is 0. The zero-order valence-electron chi connectivity index (χ0n) is 14.3. The summed E-state index contributed by atoms with van der Waals surface area (Å²) in [6.45, 7) is 4.61. The van der Waals surface area contributed by atoms with E-state index in [1.807, 2.05) is 0 Å². The number of carbonyl (C=O) groups is 2. The number of nitrogens with zero attached hydrogens (tertiary/aromatic N) is 1. The Balaban J connectivity index is 1.79. The fourth-order valence-corrected chi connectivity index (χ4v) is 2.55. The lowest BCUT2D eigenvalue weighted by Gasteiger charge is -2.32. The summed E-state index contributed by atoms with van der Waals surface area (Å²) < 4.78 is 36.3. The van der Waals surface area contributed by atoms with E-state index in [4.69, 9.17) is 9.47 Å². The molecular weight excluding hydrogens is 334 g/mol. The largest absolute Gasteiger partial charge is 0.481 e. The van der Waals surface area contributed by atoms with E-state index in [1.165, 1.54) is 13.0 Å². The molecule has 1 unspecified atom stereocenters. The molecule has 0 spiro atoms. The second-order valence-electron chi connectivity index (χ2n) is 5.80. The molecule has 1 heterocycles. The van der Waals surface area contributed by atoms with Gasteiger partial charge in [0, 0.05) is 25.2 Å². The minimum absolute atomic E-state index is 0.0748. The molecule has 1 saturated heterocycles. The third kappa shape index (κ3) is 5.30. The summed E-state index contributed by atoms with van der Waals surface area (Å²) in [5, 5.41) is 2.85. The number of benzene rings is 1. The van der Waals surface area contributed by atoms with E-state index >= 15 is 0 Å². The summed E-state index contributed by atoms with van der Waals surface area (Å²) in [6, 6.07) is 3.03. The average Bonchev–Trinajstić information content (AvgIpc) is 2.59. The number of piperidine rings is 1. The normalized spacial score (nSPS) is 16.2. The van der Waals surface area contributed by atoms with Gasteiger partial charge in [0.2, 0.25) is 0 Å². The van der Waals surface area contributed by atoms with Crippen LogP contribution in [0.3, 0.4) is 0 Å². The monoisotopic (exact) mass is 356 g/mol. The number of hydrogen-bond acceptors (Lipinski definition) is 4. The number of likely N-dealkylation sites (tertiary alicyclic amines) is 1. The van der Waals surface area contributed by atoms with Crippen molar-refractivity contribution in [3.8, 4) is 5.75 Å². The van der Waals surface area contributed by atoms with Crippen molar-refractivity contribution in [2.45, 2.75) is 38.8 Å². The van der Waals surface area contributed by atoms with Crippen molar-refractivity contribution in [1.29, 1.82) is 0 Å². The molecule has 1 aromatic rings. The Kier molecular flexibility index (Phi) is 6.55. The molecule has 2 amide bonds. The quantitative estimate of drug-likeness (QED) is 0.880. The Bertz CT molecular complexity index is 619. The van der Waals surface area contributed by atoms with E-state index in [-0.39, 0.29) is 23.8 Å². The molecule has 1 aromatic carbocycles. The third-order valence-electron chi connectivity index (χ3n) is 3.94. The van der Waals surface area contributed by atoms with E-state index in [0.717, 1.165) is 12.1 Å². The lowest BCUT2D eigenvalue weighted by molar-refractivity contribution is -0.128. The predicted molar refractivity (Wildman–Crippen MR) is 86.2 cm³/mol. The van der Waals surface area contributed by atoms with Gasteiger partial charge in [0.05, 0.1) is 6.61 Å². The first-order valence-electron chi connectivity index (χ1n) is 8.24. The van der Waals surface area contributed by atoms with E-state index in [0.29, 0.717) is 32.5 Å². The minimum Gasteiger partial charge on any atom is -0.481 e. The SMILES string of the molecule is CCOC(=O)N1CCC(NC(=O)C(C)Oc2ccc(F)c(F)c2)CC1. The first kappa shape index (κ1) is 19.0. The molecule has 2 rings (SSSR count). The lowest BCUT2D eigenvalue weighted by Crippen LogP contribution is -2.49. The second-order valence-corrected chi connectivity index (χ2v) is 5.80. The van der Waals surface area contributed by atoms with Crippen molar-refractivity contribution in [3.05, 3.63) is 29.8 Å². The Hall–Kier alpha value is -2.38. The molecule has 6 nitrogen and oxygen atoms in total. The number of halogens is 2. The van der Waals surface area contributed by atoms with Gasteiger partial charge in [0.25, 0.3) is 5.91 Å². The number of hydrogen-bond donors (Lipinski definition) is 1. The highest BCUT2D eigenvalue weighted by Crippen LogP contribution is 2.17. The van der Waals surface area contributed by atoms with E-state index in [2.05, 4.69) is 5.32 Å². The predicted octanol–water partition coefficient (Wildman–Crippen LogP) is 2.47.